The van der Waals surface area contributed by atoms with Crippen LogP contribution in [0.4, 0.5) is 0 Å². The third-order valence-electron chi connectivity index (χ3n) is 9.97. The molecule has 0 aromatic carbocycles. The predicted molar refractivity (Wildman–Crippen MR) is 150 cm³/mol. The van der Waals surface area contributed by atoms with Gasteiger partial charge in [-0.05, 0) is 86.9 Å². The zero-order chi connectivity index (χ0) is 29.6. The van der Waals surface area contributed by atoms with E-state index in [9.17, 15) is 28.8 Å². The quantitative estimate of drug-likeness (QED) is 0.154. The van der Waals surface area contributed by atoms with Gasteiger partial charge in [-0.1, -0.05) is 12.8 Å². The summed E-state index contributed by atoms with van der Waals surface area (Å²) >= 11 is 0. The van der Waals surface area contributed by atoms with Crippen LogP contribution in [0, 0.1) is 35.5 Å². The summed E-state index contributed by atoms with van der Waals surface area (Å²) < 4.78 is 11.3. The molecule has 0 aromatic rings. The first kappa shape index (κ1) is 30.2. The molecule has 228 valence electrons. The smallest absolute Gasteiger partial charge is 0.305 e. The third-order valence-corrected chi connectivity index (χ3v) is 9.97. The topological polar surface area (TPSA) is 127 Å². The Morgan fingerprint density at radius 2 is 1.10 bits per heavy atom. The molecule has 0 N–H and O–H groups in total. The number of imide groups is 2. The standard InChI is InChI=1S/C32H42N2O8/c35-27-9-10-28(36)33(27)13-5-1-3-7-31(39)41-19-21-15-24-22-17-23(25(18-22)26(24)16-21)20-42-32(40)8-4-2-6-14-34-29(37)11-12-30(34)38/h9-12,21-26H,1-8,13-20H2. The number of fused-ring (bicyclic) bond motifs is 5. The number of nitrogens with zero attached hydrogens (tertiary/aromatic N) is 2. The van der Waals surface area contributed by atoms with Crippen LogP contribution in [-0.2, 0) is 38.2 Å². The summed E-state index contributed by atoms with van der Waals surface area (Å²) in [5.41, 5.74) is 0. The van der Waals surface area contributed by atoms with E-state index < -0.39 is 0 Å². The van der Waals surface area contributed by atoms with E-state index in [1.54, 1.807) is 0 Å². The van der Waals surface area contributed by atoms with E-state index in [0.717, 1.165) is 32.1 Å². The highest BCUT2D eigenvalue weighted by Gasteiger charge is 2.56. The number of unbranched alkanes of at least 4 members (excludes halogenated alkanes) is 4. The molecule has 3 fully saturated rings. The molecule has 3 aliphatic carbocycles. The van der Waals surface area contributed by atoms with Gasteiger partial charge in [-0.15, -0.1) is 0 Å². The van der Waals surface area contributed by atoms with Gasteiger partial charge in [-0.3, -0.25) is 38.6 Å². The van der Waals surface area contributed by atoms with Gasteiger partial charge in [0.2, 0.25) is 0 Å². The summed E-state index contributed by atoms with van der Waals surface area (Å²) in [6.45, 7) is 1.74. The fraction of sp³-hybridized carbons (Fsp3) is 0.688. The van der Waals surface area contributed by atoms with Crippen molar-refractivity contribution < 1.29 is 38.2 Å². The number of hydrogen-bond donors (Lipinski definition) is 0. The number of carbonyl (C=O) groups is 6. The summed E-state index contributed by atoms with van der Waals surface area (Å²) in [5, 5.41) is 0. The summed E-state index contributed by atoms with van der Waals surface area (Å²) in [7, 11) is 0. The molecule has 6 unspecified atom stereocenters. The SMILES string of the molecule is O=C(CCCCCN1C(=O)C=CC1=O)OCC1CC2C3CC(COC(=O)CCCCCN4C(=O)C=CC4=O)C(C3)C2C1. The Hall–Kier alpha value is -3.30. The summed E-state index contributed by atoms with van der Waals surface area (Å²) in [4.78, 5) is 73.3. The molecule has 0 spiro atoms. The second-order valence-corrected chi connectivity index (χ2v) is 12.6. The van der Waals surface area contributed by atoms with Crippen molar-refractivity contribution in [2.45, 2.75) is 77.0 Å². The highest BCUT2D eigenvalue weighted by atomic mass is 16.5. The zero-order valence-corrected chi connectivity index (χ0v) is 24.2. The number of esters is 2. The van der Waals surface area contributed by atoms with E-state index in [4.69, 9.17) is 9.47 Å². The minimum atomic E-state index is -0.267. The van der Waals surface area contributed by atoms with E-state index in [1.807, 2.05) is 0 Å². The summed E-state index contributed by atoms with van der Waals surface area (Å²) in [5.74, 6) is 2.00. The Balaban J connectivity index is 0.907. The molecular weight excluding hydrogens is 540 g/mol. The van der Waals surface area contributed by atoms with Gasteiger partial charge in [0.05, 0.1) is 13.2 Å². The monoisotopic (exact) mass is 582 g/mol. The Bertz CT molecular complexity index is 1110. The average Bonchev–Trinajstić information content (AvgIpc) is 3.77. The first-order chi connectivity index (χ1) is 20.3. The fourth-order valence-corrected chi connectivity index (χ4v) is 7.94. The van der Waals surface area contributed by atoms with Gasteiger partial charge in [0.25, 0.3) is 23.6 Å². The largest absolute Gasteiger partial charge is 0.465 e. The average molecular weight is 583 g/mol. The molecule has 2 bridgehead atoms. The van der Waals surface area contributed by atoms with Crippen molar-refractivity contribution in [3.8, 4) is 0 Å². The lowest BCUT2D eigenvalue weighted by Crippen LogP contribution is -2.30. The Labute approximate surface area is 246 Å². The van der Waals surface area contributed by atoms with Crippen LogP contribution in [0.2, 0.25) is 0 Å². The Morgan fingerprint density at radius 3 is 1.64 bits per heavy atom. The molecule has 0 aromatic heterocycles. The minimum absolute atomic E-state index is 0.171. The number of hydrogen-bond acceptors (Lipinski definition) is 8. The van der Waals surface area contributed by atoms with Crippen molar-refractivity contribution in [2.24, 2.45) is 35.5 Å². The number of amides is 4. The van der Waals surface area contributed by atoms with E-state index in [2.05, 4.69) is 0 Å². The Morgan fingerprint density at radius 1 is 0.595 bits per heavy atom. The fourth-order valence-electron chi connectivity index (χ4n) is 7.94. The molecule has 5 rings (SSSR count). The van der Waals surface area contributed by atoms with Crippen molar-refractivity contribution in [3.63, 3.8) is 0 Å². The van der Waals surface area contributed by atoms with Gasteiger partial charge < -0.3 is 9.47 Å². The van der Waals surface area contributed by atoms with Gasteiger partial charge in [0.1, 0.15) is 0 Å². The van der Waals surface area contributed by atoms with E-state index in [-0.39, 0.29) is 35.6 Å². The molecule has 42 heavy (non-hydrogen) atoms. The molecule has 2 aliphatic heterocycles. The van der Waals surface area contributed by atoms with E-state index >= 15 is 0 Å². The molecule has 3 saturated carbocycles. The van der Waals surface area contributed by atoms with Crippen molar-refractivity contribution >= 4 is 35.6 Å². The lowest BCUT2D eigenvalue weighted by atomic mass is 9.76. The van der Waals surface area contributed by atoms with Gasteiger partial charge in [0.15, 0.2) is 0 Å². The second kappa shape index (κ2) is 13.8. The second-order valence-electron chi connectivity index (χ2n) is 12.6. The highest BCUT2D eigenvalue weighted by molar-refractivity contribution is 6.13. The normalized spacial score (nSPS) is 29.3. The first-order valence-electron chi connectivity index (χ1n) is 15.7. The lowest BCUT2D eigenvalue weighted by Gasteiger charge is -2.31. The highest BCUT2D eigenvalue weighted by Crippen LogP contribution is 2.62. The van der Waals surface area contributed by atoms with Gasteiger partial charge in [0, 0.05) is 50.2 Å². The predicted octanol–water partition coefficient (Wildman–Crippen LogP) is 3.34. The molecule has 6 atom stereocenters. The van der Waals surface area contributed by atoms with Crippen LogP contribution in [-0.4, -0.2) is 71.7 Å². The molecule has 4 amide bonds. The molecule has 0 radical (unpaired) electrons. The molecular formula is C32H42N2O8. The van der Waals surface area contributed by atoms with Crippen LogP contribution in [0.1, 0.15) is 77.0 Å². The molecule has 0 saturated heterocycles. The van der Waals surface area contributed by atoms with Crippen LogP contribution in [0.15, 0.2) is 24.3 Å². The first-order valence-corrected chi connectivity index (χ1v) is 15.7. The van der Waals surface area contributed by atoms with E-state index in [0.29, 0.717) is 100 Å². The third kappa shape index (κ3) is 7.18. The zero-order valence-electron chi connectivity index (χ0n) is 24.2. The molecule has 2 heterocycles. The number of carbonyl (C=O) groups excluding carboxylic acids is 6. The van der Waals surface area contributed by atoms with Crippen molar-refractivity contribution in [3.05, 3.63) is 24.3 Å². The lowest BCUT2D eigenvalue weighted by molar-refractivity contribution is -0.146. The number of ether oxygens (including phenoxy) is 2. The maximum absolute atomic E-state index is 12.3. The van der Waals surface area contributed by atoms with E-state index in [1.165, 1.54) is 40.5 Å². The summed E-state index contributed by atoms with van der Waals surface area (Å²) in [6, 6.07) is 0. The van der Waals surface area contributed by atoms with Crippen molar-refractivity contribution in [1.82, 2.24) is 9.80 Å². The van der Waals surface area contributed by atoms with Crippen LogP contribution >= 0.6 is 0 Å². The Kier molecular flexibility index (Phi) is 9.90. The van der Waals surface area contributed by atoms with Crippen molar-refractivity contribution in [1.29, 1.82) is 0 Å². The molecule has 10 heteroatoms. The minimum Gasteiger partial charge on any atom is -0.465 e. The van der Waals surface area contributed by atoms with Gasteiger partial charge in [-0.25, -0.2) is 0 Å². The summed E-state index contributed by atoms with van der Waals surface area (Å²) in [6.07, 6.45) is 14.6. The van der Waals surface area contributed by atoms with Crippen LogP contribution < -0.4 is 0 Å². The maximum atomic E-state index is 12.3. The van der Waals surface area contributed by atoms with Crippen molar-refractivity contribution in [2.75, 3.05) is 26.3 Å². The van der Waals surface area contributed by atoms with Gasteiger partial charge in [-0.2, -0.15) is 0 Å². The number of rotatable bonds is 16. The maximum Gasteiger partial charge on any atom is 0.305 e. The van der Waals surface area contributed by atoms with Crippen LogP contribution in [0.25, 0.3) is 0 Å². The van der Waals surface area contributed by atoms with Gasteiger partial charge >= 0.3 is 11.9 Å². The van der Waals surface area contributed by atoms with Crippen LogP contribution in [0.3, 0.4) is 0 Å². The molecule has 10 nitrogen and oxygen atoms in total. The van der Waals surface area contributed by atoms with Crippen LogP contribution in [0.5, 0.6) is 0 Å². The molecule has 5 aliphatic rings.